The molecule has 0 amide bonds. The second-order valence-corrected chi connectivity index (χ2v) is 15.4. The fourth-order valence-corrected chi connectivity index (χ4v) is 11.3. The first-order valence-electron chi connectivity index (χ1n) is 13.9. The number of fused-ring (bicyclic) bond motifs is 5. The molecule has 11 heteroatoms. The lowest BCUT2D eigenvalue weighted by Gasteiger charge is -2.65. The summed E-state index contributed by atoms with van der Waals surface area (Å²) in [4.78, 5) is 13.6. The molecule has 0 aromatic carbocycles. The summed E-state index contributed by atoms with van der Waals surface area (Å²) in [5, 5.41) is 55.8. The summed E-state index contributed by atoms with van der Waals surface area (Å²) in [6, 6.07) is 0. The molecule has 10 atom stereocenters. The van der Waals surface area contributed by atoms with Crippen molar-refractivity contribution in [1.29, 1.82) is 0 Å². The van der Waals surface area contributed by atoms with Crippen molar-refractivity contribution in [1.82, 2.24) is 0 Å². The van der Waals surface area contributed by atoms with E-state index in [1.165, 1.54) is 6.08 Å². The van der Waals surface area contributed by atoms with E-state index in [-0.39, 0.29) is 24.0 Å². The van der Waals surface area contributed by atoms with Crippen LogP contribution in [0.1, 0.15) is 79.6 Å². The zero-order valence-electron chi connectivity index (χ0n) is 22.7. The maximum absolute atomic E-state index is 13.6. The molecule has 3 saturated heterocycles. The highest BCUT2D eigenvalue weighted by Crippen LogP contribution is 2.86. The number of aliphatic hydroxyl groups is 5. The largest absolute Gasteiger partial charge is 0.483 e. The highest BCUT2D eigenvalue weighted by molar-refractivity contribution is 7.50. The van der Waals surface area contributed by atoms with E-state index in [1.807, 2.05) is 13.8 Å². The summed E-state index contributed by atoms with van der Waals surface area (Å²) in [5.41, 5.74) is -3.53. The Kier molecular flexibility index (Phi) is 5.63. The summed E-state index contributed by atoms with van der Waals surface area (Å²) in [7, 11) is -4.04. The summed E-state index contributed by atoms with van der Waals surface area (Å²) >= 11 is 0. The normalized spacial score (nSPS) is 54.7. The van der Waals surface area contributed by atoms with E-state index >= 15 is 0 Å². The predicted molar refractivity (Wildman–Crippen MR) is 133 cm³/mol. The van der Waals surface area contributed by atoms with Gasteiger partial charge < -0.3 is 25.5 Å². The fourth-order valence-electron chi connectivity index (χ4n) is 9.33. The Hall–Kier alpha value is -0.680. The van der Waals surface area contributed by atoms with Crippen LogP contribution < -0.4 is 0 Å². The molecule has 3 heterocycles. The number of phosphoric ester groups is 1. The Labute approximate surface area is 223 Å². The Morgan fingerprint density at radius 2 is 1.79 bits per heavy atom. The lowest BCUT2D eigenvalue weighted by atomic mass is 9.43. The second kappa shape index (κ2) is 7.78. The molecule has 1 spiro atoms. The molecule has 2 unspecified atom stereocenters. The number of ketones is 1. The van der Waals surface area contributed by atoms with Crippen LogP contribution in [0.5, 0.6) is 0 Å². The minimum Gasteiger partial charge on any atom is -0.393 e. The number of allylic oxidation sites excluding steroid dienone is 1. The lowest BCUT2D eigenvalue weighted by Crippen LogP contribution is -2.77. The molecule has 2 bridgehead atoms. The molecule has 0 aromatic rings. The van der Waals surface area contributed by atoms with Gasteiger partial charge in [0.1, 0.15) is 6.10 Å². The fraction of sp³-hybridized carbons (Fsp3) is 0.889. The Morgan fingerprint density at radius 1 is 1.13 bits per heavy atom. The summed E-state index contributed by atoms with van der Waals surface area (Å²) in [5.74, 6) is -6.06. The van der Waals surface area contributed by atoms with E-state index in [1.54, 1.807) is 20.8 Å². The number of hydrogen-bond donors (Lipinski definition) is 5. The van der Waals surface area contributed by atoms with E-state index in [4.69, 9.17) is 13.6 Å². The van der Waals surface area contributed by atoms with Crippen LogP contribution in [0.25, 0.3) is 0 Å². The third-order valence-electron chi connectivity index (χ3n) is 11.6. The minimum absolute atomic E-state index is 0.0266. The monoisotopic (exact) mass is 556 g/mol. The van der Waals surface area contributed by atoms with Crippen LogP contribution >= 0.6 is 7.82 Å². The van der Waals surface area contributed by atoms with Gasteiger partial charge in [-0.1, -0.05) is 20.8 Å². The van der Waals surface area contributed by atoms with Crippen molar-refractivity contribution >= 4 is 13.6 Å². The van der Waals surface area contributed by atoms with Gasteiger partial charge in [-0.2, -0.15) is 0 Å². The Balaban J connectivity index is 1.36. The van der Waals surface area contributed by atoms with Gasteiger partial charge in [0.15, 0.2) is 5.78 Å². The third-order valence-corrected chi connectivity index (χ3v) is 13.1. The predicted octanol–water partition coefficient (Wildman–Crippen LogP) is 2.56. The molecule has 3 saturated carbocycles. The maximum Gasteiger partial charge on any atom is 0.483 e. The minimum atomic E-state index is -4.04. The van der Waals surface area contributed by atoms with Crippen LogP contribution in [-0.4, -0.2) is 66.3 Å². The number of hydrogen-bond acceptors (Lipinski definition) is 10. The van der Waals surface area contributed by atoms with E-state index < -0.39 is 65.5 Å². The van der Waals surface area contributed by atoms with Crippen molar-refractivity contribution in [3.63, 3.8) is 0 Å². The van der Waals surface area contributed by atoms with Crippen molar-refractivity contribution in [3.8, 4) is 0 Å². The van der Waals surface area contributed by atoms with Crippen LogP contribution in [0.2, 0.25) is 0 Å². The van der Waals surface area contributed by atoms with Crippen LogP contribution in [0.4, 0.5) is 0 Å². The first-order chi connectivity index (χ1) is 17.4. The topological polar surface area (TPSA) is 163 Å². The first-order valence-corrected chi connectivity index (χ1v) is 15.3. The quantitative estimate of drug-likeness (QED) is 0.318. The van der Waals surface area contributed by atoms with E-state index in [2.05, 4.69) is 0 Å². The highest BCUT2D eigenvalue weighted by atomic mass is 31.2. The molecule has 5 N–H and O–H groups in total. The lowest BCUT2D eigenvalue weighted by molar-refractivity contribution is -0.394. The molecule has 7 aliphatic rings. The van der Waals surface area contributed by atoms with Gasteiger partial charge in [0.2, 0.25) is 0 Å². The molecular weight excluding hydrogens is 515 g/mol. The van der Waals surface area contributed by atoms with Gasteiger partial charge >= 0.3 is 7.82 Å². The maximum atomic E-state index is 13.6. The van der Waals surface area contributed by atoms with Crippen LogP contribution in [-0.2, 0) is 22.9 Å². The smallest absolute Gasteiger partial charge is 0.393 e. The van der Waals surface area contributed by atoms with Gasteiger partial charge in [-0.15, -0.1) is 0 Å². The van der Waals surface area contributed by atoms with Gasteiger partial charge in [-0.05, 0) is 88.2 Å². The van der Waals surface area contributed by atoms with Crippen molar-refractivity contribution in [3.05, 3.63) is 11.6 Å². The summed E-state index contributed by atoms with van der Waals surface area (Å²) < 4.78 is 29.3. The Bertz CT molecular complexity index is 1140. The molecule has 0 aromatic heterocycles. The SMILES string of the molecule is CC([C@H](O)CCC(C)(C)O)[C@H]1CC[C@@]2(O)C3=CC(=O)[C@@H]4C[C@@H](O)[C@]5(O)OP6(=O)OC5(O6)[C@]4(C)C3CC[C@]12C. The van der Waals surface area contributed by atoms with Gasteiger partial charge in [0, 0.05) is 16.7 Å². The number of aliphatic hydroxyl groups excluding tert-OH is 2. The third kappa shape index (κ3) is 3.07. The number of rotatable bonds is 5. The van der Waals surface area contributed by atoms with E-state index in [0.29, 0.717) is 44.1 Å². The molecule has 38 heavy (non-hydrogen) atoms. The first kappa shape index (κ1) is 27.5. The zero-order valence-corrected chi connectivity index (χ0v) is 23.6. The zero-order chi connectivity index (χ0) is 27.9. The number of carbonyl (C=O) groups is 1. The van der Waals surface area contributed by atoms with E-state index in [0.717, 1.165) is 0 Å². The second-order valence-electron chi connectivity index (χ2n) is 13.9. The van der Waals surface area contributed by atoms with Crippen LogP contribution in [0, 0.1) is 34.5 Å². The molecule has 4 aliphatic carbocycles. The molecule has 6 fully saturated rings. The van der Waals surface area contributed by atoms with E-state index in [9.17, 15) is 34.9 Å². The van der Waals surface area contributed by atoms with Gasteiger partial charge in [-0.3, -0.25) is 4.79 Å². The standard InChI is InChI=1S/C27H41O10P/c1-14(19(28)8-9-22(2,3)31)15-7-11-25(32)17-12-20(29)18-13-21(30)26(33)27(36-38(34,35-26)37-27)24(18,5)16(17)6-10-23(15,25)4/h12,14-16,18-19,21,28,30-33H,6-11,13H2,1-5H3/t14?,15-,16?,18+,19-,21-,23-,24-,25-,26+,27?,38?/m1/s1. The summed E-state index contributed by atoms with van der Waals surface area (Å²) in [6.07, 6.45) is 2.32. The Morgan fingerprint density at radius 3 is 2.42 bits per heavy atom. The van der Waals surface area contributed by atoms with Gasteiger partial charge in [0.25, 0.3) is 11.6 Å². The van der Waals surface area contributed by atoms with Gasteiger partial charge in [-0.25, -0.2) is 18.1 Å². The molecule has 0 radical (unpaired) electrons. The van der Waals surface area contributed by atoms with Crippen LogP contribution in [0.3, 0.4) is 0 Å². The van der Waals surface area contributed by atoms with Crippen molar-refractivity contribution < 1.29 is 48.5 Å². The molecule has 214 valence electrons. The highest BCUT2D eigenvalue weighted by Gasteiger charge is 2.91. The molecule has 7 rings (SSSR count). The van der Waals surface area contributed by atoms with Crippen molar-refractivity contribution in [2.75, 3.05) is 0 Å². The van der Waals surface area contributed by atoms with Crippen molar-refractivity contribution in [2.24, 2.45) is 34.5 Å². The van der Waals surface area contributed by atoms with Crippen LogP contribution in [0.15, 0.2) is 11.6 Å². The van der Waals surface area contributed by atoms with Gasteiger partial charge in [0.05, 0.1) is 17.3 Å². The van der Waals surface area contributed by atoms with Crippen molar-refractivity contribution in [2.45, 2.75) is 115 Å². The molecular formula is C27H41O10P. The number of carbonyl (C=O) groups excluding carboxylic acids is 1. The summed E-state index contributed by atoms with van der Waals surface area (Å²) in [6.45, 7) is 9.21. The average molecular weight is 557 g/mol. The molecule has 10 nitrogen and oxygen atoms in total. The average Bonchev–Trinajstić information content (AvgIpc) is 3.32. The molecule has 3 aliphatic heterocycles. The number of phosphoric acid groups is 1.